The minimum atomic E-state index is -0.592. The van der Waals surface area contributed by atoms with Gasteiger partial charge in [0.25, 0.3) is 0 Å². The first kappa shape index (κ1) is 24.6. The van der Waals surface area contributed by atoms with E-state index in [2.05, 4.69) is 25.3 Å². The summed E-state index contributed by atoms with van der Waals surface area (Å²) >= 11 is 0. The van der Waals surface area contributed by atoms with Crippen molar-refractivity contribution in [2.75, 3.05) is 26.9 Å². The summed E-state index contributed by atoms with van der Waals surface area (Å²) in [6.07, 6.45) is 5.06. The molecular formula is C28H35N3O5. The normalized spacial score (nSPS) is 18.3. The number of aromatic nitrogens is 3. The van der Waals surface area contributed by atoms with Crippen LogP contribution in [0.15, 0.2) is 35.3 Å². The molecule has 1 unspecified atom stereocenters. The maximum absolute atomic E-state index is 13.0. The molecule has 1 saturated carbocycles. The van der Waals surface area contributed by atoms with E-state index in [0.717, 1.165) is 40.9 Å². The lowest BCUT2D eigenvalue weighted by atomic mass is 9.70. The molecular weight excluding hydrogens is 458 g/mol. The van der Waals surface area contributed by atoms with E-state index in [9.17, 15) is 9.59 Å². The maximum Gasteiger partial charge on any atom is 0.343 e. The SMILES string of the molecule is CCOC(=O)c1cn2c(cc1=O)-c1c3cccc(OCC4(COC)CCC4)c3nn1CC2C(C)(C)C. The van der Waals surface area contributed by atoms with E-state index >= 15 is 0 Å². The van der Waals surface area contributed by atoms with Crippen molar-refractivity contribution in [3.63, 3.8) is 0 Å². The van der Waals surface area contributed by atoms with Crippen molar-refractivity contribution in [2.45, 2.75) is 59.5 Å². The highest BCUT2D eigenvalue weighted by atomic mass is 16.5. The monoisotopic (exact) mass is 493 g/mol. The Morgan fingerprint density at radius 2 is 2.00 bits per heavy atom. The second kappa shape index (κ2) is 9.07. The lowest BCUT2D eigenvalue weighted by Crippen LogP contribution is -2.39. The quantitative estimate of drug-likeness (QED) is 0.438. The first-order chi connectivity index (χ1) is 17.2. The second-order valence-corrected chi connectivity index (χ2v) is 11.2. The van der Waals surface area contributed by atoms with Crippen LogP contribution < -0.4 is 10.2 Å². The Morgan fingerprint density at radius 1 is 1.22 bits per heavy atom. The highest BCUT2D eigenvalue weighted by Crippen LogP contribution is 2.44. The van der Waals surface area contributed by atoms with Crippen LogP contribution in [0, 0.1) is 10.8 Å². The van der Waals surface area contributed by atoms with Gasteiger partial charge in [-0.05, 0) is 31.2 Å². The molecule has 0 N–H and O–H groups in total. The van der Waals surface area contributed by atoms with Crippen molar-refractivity contribution in [3.8, 4) is 17.1 Å². The number of hydrogen-bond donors (Lipinski definition) is 0. The summed E-state index contributed by atoms with van der Waals surface area (Å²) in [5.41, 5.74) is 2.00. The van der Waals surface area contributed by atoms with Crippen LogP contribution in [-0.4, -0.2) is 47.2 Å². The Hall–Kier alpha value is -3.13. The van der Waals surface area contributed by atoms with Crippen molar-refractivity contribution in [1.29, 1.82) is 0 Å². The van der Waals surface area contributed by atoms with E-state index in [1.807, 2.05) is 22.9 Å². The molecule has 192 valence electrons. The van der Waals surface area contributed by atoms with Gasteiger partial charge >= 0.3 is 5.97 Å². The predicted molar refractivity (Wildman–Crippen MR) is 138 cm³/mol. The van der Waals surface area contributed by atoms with Gasteiger partial charge in [0, 0.05) is 30.2 Å². The lowest BCUT2D eigenvalue weighted by molar-refractivity contribution is -0.0182. The molecule has 3 heterocycles. The summed E-state index contributed by atoms with van der Waals surface area (Å²) in [4.78, 5) is 25.5. The molecule has 1 fully saturated rings. The molecule has 1 aliphatic carbocycles. The van der Waals surface area contributed by atoms with Crippen molar-refractivity contribution < 1.29 is 19.0 Å². The Bertz CT molecular complexity index is 1360. The zero-order valence-corrected chi connectivity index (χ0v) is 21.8. The van der Waals surface area contributed by atoms with Crippen molar-refractivity contribution in [1.82, 2.24) is 14.3 Å². The fourth-order valence-corrected chi connectivity index (χ4v) is 5.49. The summed E-state index contributed by atoms with van der Waals surface area (Å²) < 4.78 is 21.0. The number of esters is 1. The van der Waals surface area contributed by atoms with Gasteiger partial charge in [-0.25, -0.2) is 4.79 Å². The molecule has 2 aliphatic rings. The molecule has 36 heavy (non-hydrogen) atoms. The number of carbonyl (C=O) groups is 1. The largest absolute Gasteiger partial charge is 0.491 e. The Kier molecular flexibility index (Phi) is 6.19. The zero-order chi connectivity index (χ0) is 25.7. The third-order valence-electron chi connectivity index (χ3n) is 7.63. The van der Waals surface area contributed by atoms with Crippen molar-refractivity contribution in [2.24, 2.45) is 10.8 Å². The number of ether oxygens (including phenoxy) is 3. The number of nitrogens with zero attached hydrogens (tertiary/aromatic N) is 3. The molecule has 2 aromatic heterocycles. The van der Waals surface area contributed by atoms with E-state index in [1.54, 1.807) is 26.3 Å². The number of carbonyl (C=O) groups excluding carboxylic acids is 1. The molecule has 3 aromatic rings. The van der Waals surface area contributed by atoms with Crippen LogP contribution in [0.5, 0.6) is 5.75 Å². The number of fused-ring (bicyclic) bond motifs is 5. The van der Waals surface area contributed by atoms with Crippen molar-refractivity contribution >= 4 is 16.9 Å². The minimum absolute atomic E-state index is 0.0209. The first-order valence-corrected chi connectivity index (χ1v) is 12.7. The lowest BCUT2D eigenvalue weighted by Gasteiger charge is -2.40. The van der Waals surface area contributed by atoms with Gasteiger partial charge in [-0.15, -0.1) is 0 Å². The average Bonchev–Trinajstić information content (AvgIpc) is 3.18. The van der Waals surface area contributed by atoms with Crippen molar-refractivity contribution in [3.05, 3.63) is 46.2 Å². The molecule has 0 radical (unpaired) electrons. The third-order valence-corrected chi connectivity index (χ3v) is 7.63. The van der Waals surface area contributed by atoms with Crippen LogP contribution in [0.25, 0.3) is 22.3 Å². The average molecular weight is 494 g/mol. The molecule has 0 spiro atoms. The standard InChI is InChI=1S/C28H35N3O5/c1-6-35-26(33)19-14-30-20(13-21(19)32)25-18-9-7-10-22(36-17-28(16-34-5)11-8-12-28)24(18)29-31(25)15-23(30)27(2,3)4/h7,9-10,13-14,23H,6,8,11-12,15-17H2,1-5H3. The molecule has 1 atom stereocenters. The molecule has 8 nitrogen and oxygen atoms in total. The zero-order valence-electron chi connectivity index (χ0n) is 21.8. The summed E-state index contributed by atoms with van der Waals surface area (Å²) in [6.45, 7) is 10.3. The topological polar surface area (TPSA) is 84.6 Å². The van der Waals surface area contributed by atoms with Crippen LogP contribution in [0.3, 0.4) is 0 Å². The Balaban J connectivity index is 1.61. The van der Waals surface area contributed by atoms with Crippen LogP contribution in [-0.2, 0) is 16.0 Å². The number of rotatable bonds is 7. The summed E-state index contributed by atoms with van der Waals surface area (Å²) in [7, 11) is 1.74. The van der Waals surface area contributed by atoms with Gasteiger partial charge in [0.1, 0.15) is 16.8 Å². The van der Waals surface area contributed by atoms with Crippen LogP contribution in [0.2, 0.25) is 0 Å². The molecule has 8 heteroatoms. The highest BCUT2D eigenvalue weighted by molar-refractivity contribution is 5.97. The van der Waals surface area contributed by atoms with Crippen LogP contribution in [0.1, 0.15) is 63.4 Å². The van der Waals surface area contributed by atoms with Crippen LogP contribution >= 0.6 is 0 Å². The van der Waals surface area contributed by atoms with Crippen LogP contribution in [0.4, 0.5) is 0 Å². The molecule has 1 aromatic carbocycles. The summed E-state index contributed by atoms with van der Waals surface area (Å²) in [6, 6.07) is 7.47. The fourth-order valence-electron chi connectivity index (χ4n) is 5.49. The highest BCUT2D eigenvalue weighted by Gasteiger charge is 2.39. The predicted octanol–water partition coefficient (Wildman–Crippen LogP) is 4.84. The maximum atomic E-state index is 13.0. The number of methoxy groups -OCH3 is 1. The van der Waals surface area contributed by atoms with E-state index in [4.69, 9.17) is 19.3 Å². The summed E-state index contributed by atoms with van der Waals surface area (Å²) in [5, 5.41) is 5.90. The Labute approximate surface area is 211 Å². The second-order valence-electron chi connectivity index (χ2n) is 11.2. The first-order valence-electron chi connectivity index (χ1n) is 12.7. The number of benzene rings is 1. The van der Waals surface area contributed by atoms with E-state index in [0.29, 0.717) is 19.8 Å². The van der Waals surface area contributed by atoms with Gasteiger partial charge in [-0.2, -0.15) is 5.10 Å². The van der Waals surface area contributed by atoms with Gasteiger partial charge in [0.15, 0.2) is 5.43 Å². The van der Waals surface area contributed by atoms with Gasteiger partial charge in [-0.1, -0.05) is 39.3 Å². The summed E-state index contributed by atoms with van der Waals surface area (Å²) in [5.74, 6) is 0.146. The van der Waals surface area contributed by atoms with E-state index < -0.39 is 5.97 Å². The van der Waals surface area contributed by atoms with E-state index in [1.165, 1.54) is 6.42 Å². The minimum Gasteiger partial charge on any atom is -0.491 e. The van der Waals surface area contributed by atoms with Gasteiger partial charge in [-0.3, -0.25) is 9.48 Å². The number of hydrogen-bond acceptors (Lipinski definition) is 6. The molecule has 5 rings (SSSR count). The van der Waals surface area contributed by atoms with Gasteiger partial charge in [0.2, 0.25) is 0 Å². The number of pyridine rings is 1. The van der Waals surface area contributed by atoms with E-state index in [-0.39, 0.29) is 34.5 Å². The van der Waals surface area contributed by atoms with Gasteiger partial charge in [0.05, 0.1) is 43.8 Å². The van der Waals surface area contributed by atoms with Gasteiger partial charge < -0.3 is 18.8 Å². The Morgan fingerprint density at radius 3 is 2.64 bits per heavy atom. The smallest absolute Gasteiger partial charge is 0.343 e. The fraction of sp³-hybridized carbons (Fsp3) is 0.536. The molecule has 1 aliphatic heterocycles. The molecule has 0 saturated heterocycles. The molecule has 0 amide bonds. The third kappa shape index (κ3) is 4.11. The molecule has 0 bridgehead atoms.